The molecule has 0 saturated heterocycles. The Kier molecular flexibility index (Phi) is 5.49. The Hall–Kier alpha value is -0.0800. The van der Waals surface area contributed by atoms with E-state index in [9.17, 15) is 0 Å². The standard InChI is InChI=1S/C12H25NO/c1-4-6-10(2)13-11-7-5-8-12(9-11)14-3/h10-13H,4-9H2,1-3H3. The topological polar surface area (TPSA) is 21.3 Å². The Morgan fingerprint density at radius 3 is 2.86 bits per heavy atom. The van der Waals surface area contributed by atoms with Crippen molar-refractivity contribution in [2.45, 2.75) is 70.6 Å². The van der Waals surface area contributed by atoms with E-state index in [0.29, 0.717) is 18.2 Å². The predicted molar refractivity (Wildman–Crippen MR) is 60.6 cm³/mol. The molecule has 0 amide bonds. The third-order valence-corrected chi connectivity index (χ3v) is 3.20. The summed E-state index contributed by atoms with van der Waals surface area (Å²) in [5.41, 5.74) is 0. The fourth-order valence-electron chi connectivity index (χ4n) is 2.43. The van der Waals surface area contributed by atoms with Gasteiger partial charge < -0.3 is 10.1 Å². The summed E-state index contributed by atoms with van der Waals surface area (Å²) in [6.45, 7) is 4.54. The van der Waals surface area contributed by atoms with Gasteiger partial charge in [0.25, 0.3) is 0 Å². The minimum absolute atomic E-state index is 0.495. The summed E-state index contributed by atoms with van der Waals surface area (Å²) in [5.74, 6) is 0. The van der Waals surface area contributed by atoms with Gasteiger partial charge in [-0.3, -0.25) is 0 Å². The van der Waals surface area contributed by atoms with E-state index in [2.05, 4.69) is 19.2 Å². The first-order valence-electron chi connectivity index (χ1n) is 6.05. The molecule has 1 saturated carbocycles. The molecule has 0 aromatic carbocycles. The number of rotatable bonds is 5. The molecule has 2 nitrogen and oxygen atoms in total. The van der Waals surface area contributed by atoms with Crippen LogP contribution in [0.15, 0.2) is 0 Å². The van der Waals surface area contributed by atoms with Crippen LogP contribution in [0, 0.1) is 0 Å². The van der Waals surface area contributed by atoms with Crippen molar-refractivity contribution in [3.05, 3.63) is 0 Å². The minimum Gasteiger partial charge on any atom is -0.381 e. The lowest BCUT2D eigenvalue weighted by Gasteiger charge is -2.31. The molecule has 0 heterocycles. The summed E-state index contributed by atoms with van der Waals surface area (Å²) in [6, 6.07) is 1.36. The molecule has 1 aliphatic carbocycles. The van der Waals surface area contributed by atoms with E-state index in [1.807, 2.05) is 7.11 Å². The fraction of sp³-hybridized carbons (Fsp3) is 1.00. The number of methoxy groups -OCH3 is 1. The van der Waals surface area contributed by atoms with Crippen molar-refractivity contribution in [1.82, 2.24) is 5.32 Å². The van der Waals surface area contributed by atoms with Crippen LogP contribution >= 0.6 is 0 Å². The zero-order valence-corrected chi connectivity index (χ0v) is 9.88. The monoisotopic (exact) mass is 199 g/mol. The van der Waals surface area contributed by atoms with Crippen LogP contribution in [0.1, 0.15) is 52.4 Å². The van der Waals surface area contributed by atoms with E-state index in [1.165, 1.54) is 38.5 Å². The van der Waals surface area contributed by atoms with Gasteiger partial charge in [0.1, 0.15) is 0 Å². The van der Waals surface area contributed by atoms with Gasteiger partial charge in [0.2, 0.25) is 0 Å². The summed E-state index contributed by atoms with van der Waals surface area (Å²) >= 11 is 0. The molecular weight excluding hydrogens is 174 g/mol. The van der Waals surface area contributed by atoms with Crippen LogP contribution in [0.4, 0.5) is 0 Å². The van der Waals surface area contributed by atoms with E-state index in [4.69, 9.17) is 4.74 Å². The zero-order chi connectivity index (χ0) is 10.4. The molecule has 0 bridgehead atoms. The first-order valence-corrected chi connectivity index (χ1v) is 6.05. The lowest BCUT2D eigenvalue weighted by atomic mass is 9.92. The summed E-state index contributed by atoms with van der Waals surface area (Å²) < 4.78 is 5.42. The average Bonchev–Trinajstić information content (AvgIpc) is 2.18. The van der Waals surface area contributed by atoms with E-state index < -0.39 is 0 Å². The van der Waals surface area contributed by atoms with Crippen LogP contribution in [0.5, 0.6) is 0 Å². The fourth-order valence-corrected chi connectivity index (χ4v) is 2.43. The van der Waals surface area contributed by atoms with Crippen LogP contribution in [0.2, 0.25) is 0 Å². The van der Waals surface area contributed by atoms with Crippen molar-refractivity contribution < 1.29 is 4.74 Å². The predicted octanol–water partition coefficient (Wildman–Crippen LogP) is 2.72. The summed E-state index contributed by atoms with van der Waals surface area (Å²) in [5, 5.41) is 3.70. The second kappa shape index (κ2) is 6.41. The van der Waals surface area contributed by atoms with Crippen molar-refractivity contribution in [1.29, 1.82) is 0 Å². The Morgan fingerprint density at radius 2 is 2.21 bits per heavy atom. The molecule has 14 heavy (non-hydrogen) atoms. The third kappa shape index (κ3) is 3.97. The number of hydrogen-bond acceptors (Lipinski definition) is 2. The van der Waals surface area contributed by atoms with Crippen LogP contribution in [-0.2, 0) is 4.74 Å². The largest absolute Gasteiger partial charge is 0.381 e. The molecule has 3 unspecified atom stereocenters. The molecular formula is C12H25NO. The van der Waals surface area contributed by atoms with Gasteiger partial charge in [-0.15, -0.1) is 0 Å². The normalized spacial score (nSPS) is 30.2. The van der Waals surface area contributed by atoms with E-state index in [1.54, 1.807) is 0 Å². The summed E-state index contributed by atoms with van der Waals surface area (Å²) in [4.78, 5) is 0. The second-order valence-electron chi connectivity index (χ2n) is 4.58. The highest BCUT2D eigenvalue weighted by Gasteiger charge is 2.22. The highest BCUT2D eigenvalue weighted by Crippen LogP contribution is 2.21. The van der Waals surface area contributed by atoms with Crippen molar-refractivity contribution in [2.75, 3.05) is 7.11 Å². The molecule has 0 aromatic heterocycles. The van der Waals surface area contributed by atoms with Gasteiger partial charge in [-0.05, 0) is 39.0 Å². The highest BCUT2D eigenvalue weighted by atomic mass is 16.5. The number of ether oxygens (including phenoxy) is 1. The maximum atomic E-state index is 5.42. The maximum Gasteiger partial charge on any atom is 0.0586 e. The van der Waals surface area contributed by atoms with Crippen LogP contribution in [0.3, 0.4) is 0 Å². The first-order chi connectivity index (χ1) is 6.76. The average molecular weight is 199 g/mol. The molecule has 3 atom stereocenters. The van der Waals surface area contributed by atoms with Crippen LogP contribution in [0.25, 0.3) is 0 Å². The van der Waals surface area contributed by atoms with Gasteiger partial charge in [0.05, 0.1) is 6.10 Å². The minimum atomic E-state index is 0.495. The van der Waals surface area contributed by atoms with Crippen molar-refractivity contribution >= 4 is 0 Å². The van der Waals surface area contributed by atoms with Gasteiger partial charge in [-0.25, -0.2) is 0 Å². The van der Waals surface area contributed by atoms with Gasteiger partial charge in [0.15, 0.2) is 0 Å². The molecule has 84 valence electrons. The zero-order valence-electron chi connectivity index (χ0n) is 9.88. The lowest BCUT2D eigenvalue weighted by molar-refractivity contribution is 0.0571. The smallest absolute Gasteiger partial charge is 0.0586 e. The number of nitrogens with one attached hydrogen (secondary N) is 1. The SMILES string of the molecule is CCCC(C)NC1CCCC(OC)C1. The molecule has 0 aromatic rings. The van der Waals surface area contributed by atoms with Gasteiger partial charge >= 0.3 is 0 Å². The molecule has 1 rings (SSSR count). The van der Waals surface area contributed by atoms with Gasteiger partial charge in [-0.2, -0.15) is 0 Å². The second-order valence-corrected chi connectivity index (χ2v) is 4.58. The Bertz CT molecular complexity index is 149. The Balaban J connectivity index is 2.22. The van der Waals surface area contributed by atoms with E-state index in [0.717, 1.165) is 0 Å². The van der Waals surface area contributed by atoms with Crippen molar-refractivity contribution in [3.63, 3.8) is 0 Å². The maximum absolute atomic E-state index is 5.42. The molecule has 0 spiro atoms. The molecule has 1 aliphatic rings. The van der Waals surface area contributed by atoms with Gasteiger partial charge in [-0.1, -0.05) is 13.3 Å². The van der Waals surface area contributed by atoms with E-state index in [-0.39, 0.29) is 0 Å². The molecule has 2 heteroatoms. The third-order valence-electron chi connectivity index (χ3n) is 3.20. The molecule has 0 radical (unpaired) electrons. The van der Waals surface area contributed by atoms with Gasteiger partial charge in [0, 0.05) is 19.2 Å². The summed E-state index contributed by atoms with van der Waals surface area (Å²) in [7, 11) is 1.84. The molecule has 1 fully saturated rings. The summed E-state index contributed by atoms with van der Waals surface area (Å²) in [6.07, 6.45) is 8.14. The van der Waals surface area contributed by atoms with Crippen LogP contribution < -0.4 is 5.32 Å². The Labute approximate surface area is 88.4 Å². The number of hydrogen-bond donors (Lipinski definition) is 1. The molecule has 1 N–H and O–H groups in total. The quantitative estimate of drug-likeness (QED) is 0.735. The lowest BCUT2D eigenvalue weighted by Crippen LogP contribution is -2.41. The van der Waals surface area contributed by atoms with E-state index >= 15 is 0 Å². The van der Waals surface area contributed by atoms with Crippen LogP contribution in [-0.4, -0.2) is 25.3 Å². The Morgan fingerprint density at radius 1 is 1.43 bits per heavy atom. The molecule has 0 aliphatic heterocycles. The van der Waals surface area contributed by atoms with Crippen molar-refractivity contribution in [2.24, 2.45) is 0 Å². The first kappa shape index (κ1) is 12.0. The highest BCUT2D eigenvalue weighted by molar-refractivity contribution is 4.80. The van der Waals surface area contributed by atoms with Crippen molar-refractivity contribution in [3.8, 4) is 0 Å².